The van der Waals surface area contributed by atoms with Gasteiger partial charge in [-0.2, -0.15) is 0 Å². The van der Waals surface area contributed by atoms with Crippen LogP contribution in [0.25, 0.3) is 0 Å². The van der Waals surface area contributed by atoms with Gasteiger partial charge in [0, 0.05) is 18.2 Å². The minimum atomic E-state index is -0.132. The number of benzene rings is 2. The largest absolute Gasteiger partial charge is 0.306 e. The van der Waals surface area contributed by atoms with Crippen LogP contribution in [0.5, 0.6) is 0 Å². The van der Waals surface area contributed by atoms with Crippen LogP contribution < -0.4 is 5.32 Å². The Morgan fingerprint density at radius 1 is 1.00 bits per heavy atom. The number of hydrogen-bond donors (Lipinski definition) is 1. The van der Waals surface area contributed by atoms with E-state index in [1.165, 1.54) is 17.2 Å². The van der Waals surface area contributed by atoms with E-state index in [0.29, 0.717) is 5.92 Å². The fourth-order valence-corrected chi connectivity index (χ4v) is 2.49. The fourth-order valence-electron chi connectivity index (χ4n) is 2.49. The zero-order valence-corrected chi connectivity index (χ0v) is 13.1. The molecule has 0 amide bonds. The minimum Gasteiger partial charge on any atom is -0.306 e. The van der Waals surface area contributed by atoms with Crippen molar-refractivity contribution < 1.29 is 4.39 Å². The van der Waals surface area contributed by atoms with Crippen molar-refractivity contribution >= 4 is 0 Å². The van der Waals surface area contributed by atoms with Gasteiger partial charge in [-0.3, -0.25) is 0 Å². The van der Waals surface area contributed by atoms with Gasteiger partial charge in [0.1, 0.15) is 5.82 Å². The van der Waals surface area contributed by atoms with Crippen LogP contribution in [0.4, 0.5) is 4.39 Å². The van der Waals surface area contributed by atoms with Crippen molar-refractivity contribution in [3.05, 3.63) is 71.0 Å². The Morgan fingerprint density at radius 2 is 1.67 bits per heavy atom. The van der Waals surface area contributed by atoms with Gasteiger partial charge in [0.05, 0.1) is 0 Å². The Kier molecular flexibility index (Phi) is 5.51. The van der Waals surface area contributed by atoms with Crippen LogP contribution >= 0.6 is 0 Å². The second-order valence-corrected chi connectivity index (χ2v) is 5.76. The van der Waals surface area contributed by atoms with Crippen molar-refractivity contribution in [2.24, 2.45) is 0 Å². The van der Waals surface area contributed by atoms with Gasteiger partial charge < -0.3 is 5.32 Å². The first-order valence-corrected chi connectivity index (χ1v) is 7.68. The quantitative estimate of drug-likeness (QED) is 0.770. The van der Waals surface area contributed by atoms with E-state index in [4.69, 9.17) is 0 Å². The summed E-state index contributed by atoms with van der Waals surface area (Å²) in [4.78, 5) is 0. The molecule has 0 aliphatic heterocycles. The predicted molar refractivity (Wildman–Crippen MR) is 86.8 cm³/mol. The topological polar surface area (TPSA) is 12.0 Å². The van der Waals surface area contributed by atoms with Gasteiger partial charge in [0.15, 0.2) is 0 Å². The SMILES string of the molecule is CCC(NCc1ccc(C(C)C)cc1)c1ccccc1F. The molecule has 0 spiro atoms. The molecule has 1 N–H and O–H groups in total. The first-order chi connectivity index (χ1) is 10.1. The van der Waals surface area contributed by atoms with Crippen molar-refractivity contribution in [2.45, 2.75) is 45.7 Å². The Balaban J connectivity index is 2.02. The summed E-state index contributed by atoms with van der Waals surface area (Å²) in [6, 6.07) is 15.7. The molecule has 0 fully saturated rings. The number of rotatable bonds is 6. The summed E-state index contributed by atoms with van der Waals surface area (Å²) in [5.41, 5.74) is 3.33. The monoisotopic (exact) mass is 285 g/mol. The van der Waals surface area contributed by atoms with E-state index in [9.17, 15) is 4.39 Å². The number of hydrogen-bond acceptors (Lipinski definition) is 1. The highest BCUT2D eigenvalue weighted by atomic mass is 19.1. The smallest absolute Gasteiger partial charge is 0.127 e. The zero-order chi connectivity index (χ0) is 15.2. The van der Waals surface area contributed by atoms with E-state index in [1.807, 2.05) is 12.1 Å². The van der Waals surface area contributed by atoms with Crippen LogP contribution in [0, 0.1) is 5.82 Å². The third kappa shape index (κ3) is 4.15. The van der Waals surface area contributed by atoms with Gasteiger partial charge in [0.25, 0.3) is 0 Å². The minimum absolute atomic E-state index is 0.0518. The van der Waals surface area contributed by atoms with E-state index < -0.39 is 0 Å². The van der Waals surface area contributed by atoms with Gasteiger partial charge in [0.2, 0.25) is 0 Å². The molecule has 0 aromatic heterocycles. The van der Waals surface area contributed by atoms with Crippen molar-refractivity contribution in [1.29, 1.82) is 0 Å². The Hall–Kier alpha value is -1.67. The molecule has 0 bridgehead atoms. The molecule has 0 saturated heterocycles. The average Bonchev–Trinajstić information content (AvgIpc) is 2.50. The molecular formula is C19H24FN. The van der Waals surface area contributed by atoms with Crippen LogP contribution in [0.3, 0.4) is 0 Å². The maximum Gasteiger partial charge on any atom is 0.127 e. The van der Waals surface area contributed by atoms with E-state index in [1.54, 1.807) is 6.07 Å². The molecule has 0 aliphatic carbocycles. The molecule has 1 nitrogen and oxygen atoms in total. The van der Waals surface area contributed by atoms with Gasteiger partial charge >= 0.3 is 0 Å². The third-order valence-corrected chi connectivity index (χ3v) is 3.89. The molecule has 2 aromatic rings. The molecule has 21 heavy (non-hydrogen) atoms. The summed E-state index contributed by atoms with van der Waals surface area (Å²) in [5.74, 6) is 0.417. The van der Waals surface area contributed by atoms with Crippen LogP contribution in [-0.2, 0) is 6.54 Å². The third-order valence-electron chi connectivity index (χ3n) is 3.89. The maximum atomic E-state index is 13.9. The molecular weight excluding hydrogens is 261 g/mol. The first-order valence-electron chi connectivity index (χ1n) is 7.68. The van der Waals surface area contributed by atoms with Crippen molar-refractivity contribution in [2.75, 3.05) is 0 Å². The summed E-state index contributed by atoms with van der Waals surface area (Å²) in [6.07, 6.45) is 0.866. The van der Waals surface area contributed by atoms with Crippen LogP contribution in [0.1, 0.15) is 55.8 Å². The molecule has 2 heteroatoms. The van der Waals surface area contributed by atoms with Gasteiger partial charge in [-0.25, -0.2) is 4.39 Å². The lowest BCUT2D eigenvalue weighted by Crippen LogP contribution is -2.21. The molecule has 0 aliphatic rings. The molecule has 0 radical (unpaired) electrons. The van der Waals surface area contributed by atoms with Crippen LogP contribution in [-0.4, -0.2) is 0 Å². The van der Waals surface area contributed by atoms with E-state index >= 15 is 0 Å². The van der Waals surface area contributed by atoms with Gasteiger partial charge in [-0.1, -0.05) is 63.2 Å². The summed E-state index contributed by atoms with van der Waals surface area (Å²) in [7, 11) is 0. The molecule has 2 rings (SSSR count). The second kappa shape index (κ2) is 7.37. The van der Waals surface area contributed by atoms with Gasteiger partial charge in [-0.15, -0.1) is 0 Å². The summed E-state index contributed by atoms with van der Waals surface area (Å²) < 4.78 is 13.9. The predicted octanol–water partition coefficient (Wildman–Crippen LogP) is 5.19. The summed E-state index contributed by atoms with van der Waals surface area (Å²) >= 11 is 0. The molecule has 1 unspecified atom stereocenters. The van der Waals surface area contributed by atoms with Crippen molar-refractivity contribution in [3.8, 4) is 0 Å². The molecule has 1 atom stereocenters. The Morgan fingerprint density at radius 3 is 2.24 bits per heavy atom. The van der Waals surface area contributed by atoms with E-state index in [2.05, 4.69) is 50.4 Å². The molecule has 112 valence electrons. The Bertz CT molecular complexity index is 560. The fraction of sp³-hybridized carbons (Fsp3) is 0.368. The van der Waals surface area contributed by atoms with E-state index in [-0.39, 0.29) is 11.9 Å². The van der Waals surface area contributed by atoms with E-state index in [0.717, 1.165) is 18.5 Å². The van der Waals surface area contributed by atoms with Gasteiger partial charge in [-0.05, 0) is 29.5 Å². The van der Waals surface area contributed by atoms with Crippen molar-refractivity contribution in [3.63, 3.8) is 0 Å². The summed E-state index contributed by atoms with van der Waals surface area (Å²) in [5, 5.41) is 3.45. The molecule has 0 saturated carbocycles. The lowest BCUT2D eigenvalue weighted by Gasteiger charge is -2.18. The molecule has 0 heterocycles. The van der Waals surface area contributed by atoms with Crippen LogP contribution in [0.2, 0.25) is 0 Å². The molecule has 2 aromatic carbocycles. The second-order valence-electron chi connectivity index (χ2n) is 5.76. The van der Waals surface area contributed by atoms with Crippen LogP contribution in [0.15, 0.2) is 48.5 Å². The zero-order valence-electron chi connectivity index (χ0n) is 13.1. The maximum absolute atomic E-state index is 13.9. The Labute approximate surface area is 127 Å². The lowest BCUT2D eigenvalue weighted by molar-refractivity contribution is 0.488. The highest BCUT2D eigenvalue weighted by Gasteiger charge is 2.12. The normalized spacial score (nSPS) is 12.6. The number of halogens is 1. The van der Waals surface area contributed by atoms with Crippen molar-refractivity contribution in [1.82, 2.24) is 5.32 Å². The average molecular weight is 285 g/mol. The number of nitrogens with one attached hydrogen (secondary N) is 1. The first kappa shape index (κ1) is 15.7. The highest BCUT2D eigenvalue weighted by molar-refractivity contribution is 5.25. The standard InChI is InChI=1S/C19H24FN/c1-4-19(17-7-5-6-8-18(17)20)21-13-15-9-11-16(12-10-15)14(2)3/h5-12,14,19,21H,4,13H2,1-3H3. The summed E-state index contributed by atoms with van der Waals surface area (Å²) in [6.45, 7) is 7.22. The highest BCUT2D eigenvalue weighted by Crippen LogP contribution is 2.21. The lowest BCUT2D eigenvalue weighted by atomic mass is 10.0.